The molecule has 2 amide bonds. The second-order valence-corrected chi connectivity index (χ2v) is 11.0. The topological polar surface area (TPSA) is 84.3 Å². The molecular weight excluding hydrogens is 468 g/mol. The number of hydrogen-bond donors (Lipinski definition) is 1. The average Bonchev–Trinajstić information content (AvgIpc) is 3.41. The summed E-state index contributed by atoms with van der Waals surface area (Å²) in [6, 6.07) is 7.34. The summed E-state index contributed by atoms with van der Waals surface area (Å²) >= 11 is 2.93. The molecule has 0 bridgehead atoms. The van der Waals surface area contributed by atoms with Gasteiger partial charge in [0.25, 0.3) is 5.56 Å². The largest absolute Gasteiger partial charge is 0.325 e. The fourth-order valence-corrected chi connectivity index (χ4v) is 7.05. The minimum absolute atomic E-state index is 0.00881. The van der Waals surface area contributed by atoms with Crippen molar-refractivity contribution in [1.29, 1.82) is 0 Å². The fourth-order valence-electron chi connectivity index (χ4n) is 4.77. The fraction of sp³-hybridized carbons (Fsp3) is 0.440. The zero-order valence-electron chi connectivity index (χ0n) is 19.4. The summed E-state index contributed by atoms with van der Waals surface area (Å²) in [4.78, 5) is 46.5. The van der Waals surface area contributed by atoms with Gasteiger partial charge in [0.1, 0.15) is 4.83 Å². The number of carbonyl (C=O) groups is 2. The van der Waals surface area contributed by atoms with Crippen molar-refractivity contribution in [3.63, 3.8) is 0 Å². The number of benzene rings is 1. The maximum absolute atomic E-state index is 13.3. The molecule has 1 aliphatic heterocycles. The highest BCUT2D eigenvalue weighted by molar-refractivity contribution is 7.99. The molecule has 1 aromatic carbocycles. The predicted molar refractivity (Wildman–Crippen MR) is 138 cm³/mol. The Morgan fingerprint density at radius 3 is 2.74 bits per heavy atom. The first-order valence-corrected chi connectivity index (χ1v) is 13.6. The van der Waals surface area contributed by atoms with Gasteiger partial charge in [-0.15, -0.1) is 11.3 Å². The van der Waals surface area contributed by atoms with E-state index in [1.165, 1.54) is 22.2 Å². The summed E-state index contributed by atoms with van der Waals surface area (Å²) in [5, 5.41) is 4.26. The van der Waals surface area contributed by atoms with Gasteiger partial charge in [-0.25, -0.2) is 4.98 Å². The highest BCUT2D eigenvalue weighted by Crippen LogP contribution is 2.36. The van der Waals surface area contributed by atoms with E-state index in [2.05, 4.69) is 12.2 Å². The Labute approximate surface area is 206 Å². The molecule has 2 aromatic heterocycles. The van der Waals surface area contributed by atoms with E-state index in [0.717, 1.165) is 48.1 Å². The van der Waals surface area contributed by atoms with E-state index in [-0.39, 0.29) is 23.1 Å². The van der Waals surface area contributed by atoms with Crippen LogP contribution >= 0.6 is 23.1 Å². The van der Waals surface area contributed by atoms with Crippen LogP contribution in [0.4, 0.5) is 11.4 Å². The van der Waals surface area contributed by atoms with Crippen LogP contribution in [0.1, 0.15) is 43.6 Å². The molecule has 9 heteroatoms. The second-order valence-electron chi connectivity index (χ2n) is 9.01. The molecule has 1 fully saturated rings. The maximum Gasteiger partial charge on any atom is 0.263 e. The number of amides is 2. The third kappa shape index (κ3) is 4.38. The lowest BCUT2D eigenvalue weighted by Crippen LogP contribution is -2.24. The highest BCUT2D eigenvalue weighted by atomic mass is 32.2. The molecule has 3 aromatic rings. The van der Waals surface area contributed by atoms with Gasteiger partial charge >= 0.3 is 0 Å². The third-order valence-electron chi connectivity index (χ3n) is 6.56. The van der Waals surface area contributed by atoms with Gasteiger partial charge < -0.3 is 10.2 Å². The number of anilines is 2. The molecule has 2 aliphatic rings. The minimum atomic E-state index is -0.161. The third-order valence-corrected chi connectivity index (χ3v) is 8.69. The Kier molecular flexibility index (Phi) is 6.48. The quantitative estimate of drug-likeness (QED) is 0.402. The summed E-state index contributed by atoms with van der Waals surface area (Å²) < 4.78 is 1.69. The van der Waals surface area contributed by atoms with Crippen LogP contribution < -0.4 is 15.8 Å². The molecule has 1 atom stereocenters. The Hall–Kier alpha value is -2.65. The molecule has 1 saturated heterocycles. The lowest BCUT2D eigenvalue weighted by atomic mass is 9.89. The number of thioether (sulfide) groups is 1. The zero-order valence-corrected chi connectivity index (χ0v) is 21.1. The van der Waals surface area contributed by atoms with Crippen molar-refractivity contribution in [1.82, 2.24) is 9.55 Å². The van der Waals surface area contributed by atoms with E-state index in [1.807, 2.05) is 31.2 Å². The summed E-state index contributed by atoms with van der Waals surface area (Å²) in [5.41, 5.74) is 2.73. The number of thiophene rings is 1. The Balaban J connectivity index is 1.29. The van der Waals surface area contributed by atoms with Crippen LogP contribution in [0.3, 0.4) is 0 Å². The minimum Gasteiger partial charge on any atom is -0.325 e. The zero-order chi connectivity index (χ0) is 23.8. The number of aromatic nitrogens is 2. The van der Waals surface area contributed by atoms with Crippen molar-refractivity contribution < 1.29 is 9.59 Å². The lowest BCUT2D eigenvalue weighted by Gasteiger charge is -2.17. The number of hydrogen-bond acceptors (Lipinski definition) is 6. The normalized spacial score (nSPS) is 17.9. The molecule has 0 spiro atoms. The second kappa shape index (κ2) is 9.54. The predicted octanol–water partition coefficient (Wildman–Crippen LogP) is 4.46. The van der Waals surface area contributed by atoms with Crippen LogP contribution in [-0.4, -0.2) is 33.7 Å². The van der Waals surface area contributed by atoms with E-state index < -0.39 is 0 Å². The molecule has 1 unspecified atom stereocenters. The number of nitrogens with one attached hydrogen (secondary N) is 1. The monoisotopic (exact) mass is 496 g/mol. The standard InChI is InChI=1S/C25H28N4O3S2/c1-3-28-24(32)22-18-11-6-15(2)13-19(18)34-23(22)27-25(28)33-14-20(30)26-16-7-9-17(10-8-16)29-12-4-5-21(29)31/h7-10,15H,3-6,11-14H2,1-2H3,(H,26,30). The van der Waals surface area contributed by atoms with Gasteiger partial charge in [-0.05, 0) is 68.4 Å². The van der Waals surface area contributed by atoms with Gasteiger partial charge in [0, 0.05) is 35.8 Å². The summed E-state index contributed by atoms with van der Waals surface area (Å²) in [6.45, 7) is 5.45. The van der Waals surface area contributed by atoms with Crippen molar-refractivity contribution in [3.8, 4) is 0 Å². The molecule has 3 heterocycles. The molecule has 0 saturated carbocycles. The van der Waals surface area contributed by atoms with E-state index >= 15 is 0 Å². The van der Waals surface area contributed by atoms with Gasteiger partial charge in [0.15, 0.2) is 5.16 Å². The van der Waals surface area contributed by atoms with Crippen molar-refractivity contribution in [2.24, 2.45) is 5.92 Å². The first-order valence-electron chi connectivity index (χ1n) is 11.8. The Bertz CT molecular complexity index is 1310. The molecule has 34 heavy (non-hydrogen) atoms. The van der Waals surface area contributed by atoms with Crippen molar-refractivity contribution in [3.05, 3.63) is 45.1 Å². The van der Waals surface area contributed by atoms with Gasteiger partial charge in [0.2, 0.25) is 11.8 Å². The number of aryl methyl sites for hydroxylation is 1. The molecule has 0 radical (unpaired) electrons. The molecule has 7 nitrogen and oxygen atoms in total. The number of nitrogens with zero attached hydrogens (tertiary/aromatic N) is 3. The van der Waals surface area contributed by atoms with Gasteiger partial charge in [-0.2, -0.15) is 0 Å². The first kappa shape index (κ1) is 23.1. The summed E-state index contributed by atoms with van der Waals surface area (Å²) in [7, 11) is 0. The van der Waals surface area contributed by atoms with Crippen molar-refractivity contribution >= 4 is 56.5 Å². The van der Waals surface area contributed by atoms with Crippen LogP contribution in [0.2, 0.25) is 0 Å². The SMILES string of the molecule is CCn1c(SCC(=O)Nc2ccc(N3CCCC3=O)cc2)nc2sc3c(c2c1=O)CCC(C)C3. The summed E-state index contributed by atoms with van der Waals surface area (Å²) in [6.07, 6.45) is 4.53. The average molecular weight is 497 g/mol. The number of fused-ring (bicyclic) bond motifs is 3. The molecular formula is C25H28N4O3S2. The van der Waals surface area contributed by atoms with Crippen LogP contribution in [0.5, 0.6) is 0 Å². The van der Waals surface area contributed by atoms with E-state index in [4.69, 9.17) is 4.98 Å². The smallest absolute Gasteiger partial charge is 0.263 e. The van der Waals surface area contributed by atoms with Crippen molar-refractivity contribution in [2.75, 3.05) is 22.5 Å². The molecule has 178 valence electrons. The van der Waals surface area contributed by atoms with Crippen LogP contribution in [0, 0.1) is 5.92 Å². The maximum atomic E-state index is 13.3. The molecule has 5 rings (SSSR count). The lowest BCUT2D eigenvalue weighted by molar-refractivity contribution is -0.117. The van der Waals surface area contributed by atoms with Gasteiger partial charge in [-0.1, -0.05) is 18.7 Å². The van der Waals surface area contributed by atoms with Gasteiger partial charge in [-0.3, -0.25) is 19.0 Å². The van der Waals surface area contributed by atoms with E-state index in [9.17, 15) is 14.4 Å². The van der Waals surface area contributed by atoms with Crippen LogP contribution in [0.15, 0.2) is 34.2 Å². The van der Waals surface area contributed by atoms with E-state index in [0.29, 0.717) is 29.7 Å². The Morgan fingerprint density at radius 2 is 2.03 bits per heavy atom. The summed E-state index contributed by atoms with van der Waals surface area (Å²) in [5.74, 6) is 0.773. The number of carbonyl (C=O) groups excluding carboxylic acids is 2. The van der Waals surface area contributed by atoms with Crippen molar-refractivity contribution in [2.45, 2.75) is 57.7 Å². The Morgan fingerprint density at radius 1 is 1.24 bits per heavy atom. The molecule has 1 N–H and O–H groups in total. The molecule has 1 aliphatic carbocycles. The highest BCUT2D eigenvalue weighted by Gasteiger charge is 2.25. The number of rotatable bonds is 6. The van der Waals surface area contributed by atoms with Crippen LogP contribution in [-0.2, 0) is 29.0 Å². The van der Waals surface area contributed by atoms with E-state index in [1.54, 1.807) is 20.8 Å². The first-order chi connectivity index (χ1) is 16.4. The van der Waals surface area contributed by atoms with Crippen LogP contribution in [0.25, 0.3) is 10.2 Å². The van der Waals surface area contributed by atoms with Gasteiger partial charge in [0.05, 0.1) is 11.1 Å².